The molecule has 4 fully saturated rings. The lowest BCUT2D eigenvalue weighted by Gasteiger charge is -2.43. The number of rotatable bonds is 14. The fourth-order valence-corrected chi connectivity index (χ4v) is 14.8. The number of imide groups is 1. The average Bonchev–Trinajstić information content (AvgIpc) is 3.95. The molecule has 0 spiro atoms. The molecular formula is C52H62BrN10O6P. The van der Waals surface area contributed by atoms with E-state index in [9.17, 15) is 18.9 Å². The van der Waals surface area contributed by atoms with Gasteiger partial charge in [-0.05, 0) is 108 Å². The van der Waals surface area contributed by atoms with Crippen molar-refractivity contribution in [3.05, 3.63) is 92.1 Å². The number of piperidine rings is 2. The van der Waals surface area contributed by atoms with Crippen LogP contribution in [-0.2, 0) is 40.5 Å². The van der Waals surface area contributed by atoms with E-state index in [0.29, 0.717) is 57.9 Å². The molecule has 70 heavy (non-hydrogen) atoms. The minimum Gasteiger partial charge on any atom is -0.494 e. The van der Waals surface area contributed by atoms with Crippen LogP contribution in [0.15, 0.2) is 68.4 Å². The molecule has 368 valence electrons. The zero-order chi connectivity index (χ0) is 48.7. The van der Waals surface area contributed by atoms with Crippen molar-refractivity contribution in [3.63, 3.8) is 0 Å². The number of aryl methyl sites for hydroxylation is 3. The molecule has 0 radical (unpaired) electrons. The molecule has 6 aromatic rings. The van der Waals surface area contributed by atoms with Gasteiger partial charge in [0.2, 0.25) is 17.8 Å². The lowest BCUT2D eigenvalue weighted by atomic mass is 9.88. The maximum Gasteiger partial charge on any atom is 0.419 e. The Kier molecular flexibility index (Phi) is 13.9. The molecular weight excluding hydrogens is 972 g/mol. The van der Waals surface area contributed by atoms with Gasteiger partial charge in [0.1, 0.15) is 18.7 Å². The number of hydrogen-bond donors (Lipinski definition) is 3. The van der Waals surface area contributed by atoms with E-state index in [1.54, 1.807) is 20.4 Å². The normalized spacial score (nSPS) is 19.3. The molecule has 0 aliphatic carbocycles. The molecule has 1 unspecified atom stereocenters. The first kappa shape index (κ1) is 48.0. The van der Waals surface area contributed by atoms with E-state index in [0.717, 1.165) is 135 Å². The maximum absolute atomic E-state index is 14.5. The van der Waals surface area contributed by atoms with Gasteiger partial charge in [0, 0.05) is 112 Å². The minimum atomic E-state index is -2.65. The summed E-state index contributed by atoms with van der Waals surface area (Å²) >= 11 is 3.68. The summed E-state index contributed by atoms with van der Waals surface area (Å²) in [6.07, 6.45) is 10.3. The van der Waals surface area contributed by atoms with E-state index >= 15 is 0 Å². The Bertz CT molecular complexity index is 3080. The number of benzene rings is 3. The molecule has 4 aliphatic heterocycles. The molecule has 0 bridgehead atoms. The third kappa shape index (κ3) is 9.49. The van der Waals surface area contributed by atoms with Crippen LogP contribution in [0.1, 0.15) is 80.7 Å². The standard InChI is InChI=1S/C52H62BrN10O6P/c1-5-32-29-42(57-51-54-31-39(53)49(59-51)56-41-15-14-40-38(12-10-34(6-2)55-40)48(41)70(67)27-7-8-28-70)44(68-4)30-43(32)63-21-18-35(19-22-63)62-25-23-61(24-26-62)20-17-33-9-11-36(37-13-16-45(64)58-50(37)65)46-47(33)69-52(66)60(46)3/h9-12,14-15,29-31,35,37H,5-8,13,16-28H2,1-4H3,(H,58,64,65)(H2,54,56,57,59). The number of fused-ring (bicyclic) bond motifs is 2. The number of carbonyl (C=O) groups excluding carboxylic acids is 2. The highest BCUT2D eigenvalue weighted by molar-refractivity contribution is 9.10. The summed E-state index contributed by atoms with van der Waals surface area (Å²) in [5, 5.41) is 11.2. The van der Waals surface area contributed by atoms with Gasteiger partial charge < -0.3 is 34.2 Å². The Labute approximate surface area is 416 Å². The highest BCUT2D eigenvalue weighted by Gasteiger charge is 2.35. The van der Waals surface area contributed by atoms with E-state index in [2.05, 4.69) is 83.6 Å². The third-order valence-electron chi connectivity index (χ3n) is 15.1. The quantitative estimate of drug-likeness (QED) is 0.0706. The molecule has 4 aliphatic rings. The molecule has 3 N–H and O–H groups in total. The van der Waals surface area contributed by atoms with Gasteiger partial charge in [-0.2, -0.15) is 4.98 Å². The van der Waals surface area contributed by atoms with Crippen LogP contribution in [-0.4, -0.2) is 112 Å². The summed E-state index contributed by atoms with van der Waals surface area (Å²) in [5.41, 5.74) is 8.69. The van der Waals surface area contributed by atoms with Gasteiger partial charge in [-0.25, -0.2) is 9.78 Å². The Morgan fingerprint density at radius 1 is 0.886 bits per heavy atom. The van der Waals surface area contributed by atoms with Crippen molar-refractivity contribution in [2.75, 3.05) is 80.8 Å². The number of methoxy groups -OCH3 is 1. The van der Waals surface area contributed by atoms with Crippen LogP contribution in [0.4, 0.5) is 28.8 Å². The molecule has 10 rings (SSSR count). The van der Waals surface area contributed by atoms with Crippen molar-refractivity contribution in [1.29, 1.82) is 0 Å². The van der Waals surface area contributed by atoms with Gasteiger partial charge in [0.25, 0.3) is 0 Å². The summed E-state index contributed by atoms with van der Waals surface area (Å²) < 4.78 is 28.5. The van der Waals surface area contributed by atoms with Crippen molar-refractivity contribution in [1.82, 2.24) is 34.6 Å². The van der Waals surface area contributed by atoms with Gasteiger partial charge in [-0.15, -0.1) is 0 Å². The topological polar surface area (TPSA) is 180 Å². The maximum atomic E-state index is 14.5. The van der Waals surface area contributed by atoms with Crippen LogP contribution in [0.3, 0.4) is 0 Å². The Hall–Kier alpha value is -5.61. The summed E-state index contributed by atoms with van der Waals surface area (Å²) in [7, 11) is 0.721. The second kappa shape index (κ2) is 20.2. The first-order valence-electron chi connectivity index (χ1n) is 24.9. The number of amides is 2. The summed E-state index contributed by atoms with van der Waals surface area (Å²) in [6, 6.07) is 16.9. The number of hydrogen-bond acceptors (Lipinski definition) is 14. The predicted molar refractivity (Wildman–Crippen MR) is 280 cm³/mol. The predicted octanol–water partition coefficient (Wildman–Crippen LogP) is 7.98. The number of nitrogens with zero attached hydrogens (tertiary/aromatic N) is 7. The Morgan fingerprint density at radius 2 is 1.67 bits per heavy atom. The Morgan fingerprint density at radius 3 is 2.40 bits per heavy atom. The first-order chi connectivity index (χ1) is 33.9. The molecule has 3 aromatic carbocycles. The number of piperazine rings is 1. The number of anilines is 5. The van der Waals surface area contributed by atoms with Crippen LogP contribution in [0.25, 0.3) is 22.0 Å². The average molecular weight is 1030 g/mol. The van der Waals surface area contributed by atoms with Crippen LogP contribution in [0, 0.1) is 0 Å². The van der Waals surface area contributed by atoms with Crippen LogP contribution >= 0.6 is 23.1 Å². The molecule has 16 nitrogen and oxygen atoms in total. The number of halogens is 1. The number of ether oxygens (including phenoxy) is 1. The molecule has 3 aromatic heterocycles. The third-order valence-corrected chi connectivity index (χ3v) is 19.0. The van der Waals surface area contributed by atoms with Crippen LogP contribution in [0.5, 0.6) is 5.75 Å². The van der Waals surface area contributed by atoms with Crippen molar-refractivity contribution in [2.45, 2.75) is 83.6 Å². The first-order valence-corrected chi connectivity index (χ1v) is 27.8. The highest BCUT2D eigenvalue weighted by Crippen LogP contribution is 2.54. The molecule has 1 atom stereocenters. The summed E-state index contributed by atoms with van der Waals surface area (Å²) in [5.74, 6) is 0.132. The number of aromatic nitrogens is 4. The largest absolute Gasteiger partial charge is 0.494 e. The second-order valence-electron chi connectivity index (χ2n) is 19.2. The van der Waals surface area contributed by atoms with Gasteiger partial charge in [-0.3, -0.25) is 29.4 Å². The van der Waals surface area contributed by atoms with Crippen molar-refractivity contribution < 1.29 is 23.3 Å². The highest BCUT2D eigenvalue weighted by atomic mass is 79.9. The molecule has 18 heteroatoms. The lowest BCUT2D eigenvalue weighted by molar-refractivity contribution is -0.134. The van der Waals surface area contributed by atoms with Crippen molar-refractivity contribution in [3.8, 4) is 5.75 Å². The van der Waals surface area contributed by atoms with Gasteiger partial charge in [0.05, 0.1) is 39.9 Å². The monoisotopic (exact) mass is 1030 g/mol. The number of carbonyl (C=O) groups is 2. The fourth-order valence-electron chi connectivity index (χ4n) is 11.2. The smallest absolute Gasteiger partial charge is 0.419 e. The van der Waals surface area contributed by atoms with Crippen LogP contribution < -0.4 is 36.6 Å². The SMILES string of the molecule is CCc1ccc2c(P3(=O)CCCC3)c(Nc3nc(Nc4cc(CC)c(N5CCC(N6CCN(CCc7ccc(C8CCC(=O)NC8=O)c8c7oc(=O)n8C)CC6)CC5)cc4OC)ncc3Br)ccc2n1. The number of pyridine rings is 1. The lowest BCUT2D eigenvalue weighted by Crippen LogP contribution is -2.53. The molecule has 4 saturated heterocycles. The van der Waals surface area contributed by atoms with Crippen molar-refractivity contribution >= 4 is 91.0 Å². The second-order valence-corrected chi connectivity index (χ2v) is 23.1. The molecule has 7 heterocycles. The van der Waals surface area contributed by atoms with Crippen molar-refractivity contribution in [2.24, 2.45) is 7.05 Å². The van der Waals surface area contributed by atoms with Gasteiger partial charge >= 0.3 is 5.76 Å². The number of oxazole rings is 1. The molecule has 2 amide bonds. The van der Waals surface area contributed by atoms with E-state index in [4.69, 9.17) is 19.1 Å². The zero-order valence-corrected chi connectivity index (χ0v) is 43.0. The minimum absolute atomic E-state index is 0.265. The summed E-state index contributed by atoms with van der Waals surface area (Å²) in [4.78, 5) is 59.4. The summed E-state index contributed by atoms with van der Waals surface area (Å²) in [6.45, 7) is 10.9. The molecule has 0 saturated carbocycles. The van der Waals surface area contributed by atoms with E-state index in [1.165, 1.54) is 15.8 Å². The van der Waals surface area contributed by atoms with E-state index < -0.39 is 18.8 Å². The van der Waals surface area contributed by atoms with Gasteiger partial charge in [0.15, 0.2) is 5.58 Å². The zero-order valence-electron chi connectivity index (χ0n) is 40.5. The van der Waals surface area contributed by atoms with E-state index in [-0.39, 0.29) is 18.2 Å². The number of nitrogens with one attached hydrogen (secondary N) is 3. The Balaban J connectivity index is 0.770. The fraction of sp³-hybridized carbons (Fsp3) is 0.462. The van der Waals surface area contributed by atoms with E-state index in [1.807, 2.05) is 30.3 Å². The van der Waals surface area contributed by atoms with Crippen LogP contribution in [0.2, 0.25) is 0 Å². The van der Waals surface area contributed by atoms with Gasteiger partial charge in [-0.1, -0.05) is 32.0 Å².